The first-order chi connectivity index (χ1) is 15.2. The van der Waals surface area contributed by atoms with E-state index in [0.29, 0.717) is 12.3 Å². The molecule has 3 N–H and O–H groups in total. The molecule has 2 atom stereocenters. The zero-order valence-corrected chi connectivity index (χ0v) is 18.7. The molecule has 180 valence electrons. The number of methoxy groups -OCH3 is 1. The van der Waals surface area contributed by atoms with E-state index in [4.69, 9.17) is 10.2 Å². The van der Waals surface area contributed by atoms with Crippen LogP contribution in [0.25, 0.3) is 0 Å². The number of aliphatic hydroxyl groups is 1. The van der Waals surface area contributed by atoms with Crippen LogP contribution in [-0.4, -0.2) is 63.3 Å². The molecule has 0 heterocycles. The fraction of sp³-hybridized carbons (Fsp3) is 0.391. The van der Waals surface area contributed by atoms with Crippen LogP contribution < -0.4 is 0 Å². The number of hydrogen-bond acceptors (Lipinski definition) is 8. The third kappa shape index (κ3) is 11.5. The van der Waals surface area contributed by atoms with Crippen LogP contribution in [0.5, 0.6) is 0 Å². The number of carboxylic acid groups (broad SMARTS) is 2. The largest absolute Gasteiger partial charge is 0.481 e. The molecule has 33 heavy (non-hydrogen) atoms. The van der Waals surface area contributed by atoms with Crippen LogP contribution >= 0.6 is 0 Å². The highest BCUT2D eigenvalue weighted by Crippen LogP contribution is 2.25. The Hall–Kier alpha value is -3.66. The molecule has 2 rings (SSSR count). The van der Waals surface area contributed by atoms with Crippen molar-refractivity contribution >= 4 is 35.3 Å². The second kappa shape index (κ2) is 13.7. The summed E-state index contributed by atoms with van der Waals surface area (Å²) in [6, 6.07) is 0. The van der Waals surface area contributed by atoms with E-state index >= 15 is 0 Å². The number of allylic oxidation sites excluding steroid dienone is 7. The summed E-state index contributed by atoms with van der Waals surface area (Å²) < 4.78 is 4.12. The van der Waals surface area contributed by atoms with E-state index < -0.39 is 36.4 Å². The molecule has 2 unspecified atom stereocenters. The Morgan fingerprint density at radius 3 is 1.88 bits per heavy atom. The van der Waals surface area contributed by atoms with Gasteiger partial charge < -0.3 is 20.1 Å². The lowest BCUT2D eigenvalue weighted by Crippen LogP contribution is -2.42. The van der Waals surface area contributed by atoms with Gasteiger partial charge in [-0.3, -0.25) is 24.0 Å². The predicted octanol–water partition coefficient (Wildman–Crippen LogP) is 1.58. The summed E-state index contributed by atoms with van der Waals surface area (Å²) in [5, 5.41) is 26.1. The Morgan fingerprint density at radius 1 is 1.06 bits per heavy atom. The van der Waals surface area contributed by atoms with Crippen molar-refractivity contribution in [3.63, 3.8) is 0 Å². The summed E-state index contributed by atoms with van der Waals surface area (Å²) in [6.45, 7) is 7.74. The van der Waals surface area contributed by atoms with Gasteiger partial charge in [0.1, 0.15) is 0 Å². The number of aliphatic carboxylic acids is 2. The molecular weight excluding hydrogens is 436 g/mol. The summed E-state index contributed by atoms with van der Waals surface area (Å²) in [7, 11) is 1.01. The first-order valence-corrected chi connectivity index (χ1v) is 9.75. The lowest BCUT2D eigenvalue weighted by atomic mass is 9.85. The minimum Gasteiger partial charge on any atom is -0.481 e. The summed E-state index contributed by atoms with van der Waals surface area (Å²) in [6.07, 6.45) is 6.73. The number of ketones is 3. The van der Waals surface area contributed by atoms with E-state index in [1.807, 2.05) is 19.9 Å². The quantitative estimate of drug-likeness (QED) is 0.297. The maximum Gasteiger partial charge on any atom is 0.336 e. The van der Waals surface area contributed by atoms with Gasteiger partial charge in [0.25, 0.3) is 0 Å². The minimum atomic E-state index is -2.61. The molecule has 0 spiro atoms. The highest BCUT2D eigenvalue weighted by molar-refractivity contribution is 6.14. The molecule has 2 aliphatic rings. The second-order valence-electron chi connectivity index (χ2n) is 7.42. The molecular formula is C23H28O10. The van der Waals surface area contributed by atoms with Crippen LogP contribution in [0.2, 0.25) is 0 Å². The molecule has 0 fully saturated rings. The third-order valence-electron chi connectivity index (χ3n) is 4.61. The maximum atomic E-state index is 11.2. The van der Waals surface area contributed by atoms with Crippen LogP contribution in [-0.2, 0) is 33.5 Å². The lowest BCUT2D eigenvalue weighted by molar-refractivity contribution is -0.171. The van der Waals surface area contributed by atoms with Gasteiger partial charge in [-0.15, -0.1) is 0 Å². The van der Waals surface area contributed by atoms with Crippen molar-refractivity contribution in [2.45, 2.75) is 45.1 Å². The number of carbonyl (C=O) groups is 6. The van der Waals surface area contributed by atoms with E-state index in [9.17, 15) is 33.9 Å². The minimum absolute atomic E-state index is 0.121. The smallest absolute Gasteiger partial charge is 0.336 e. The molecule has 0 saturated carbocycles. The first kappa shape index (κ1) is 29.3. The molecule has 0 bridgehead atoms. The highest BCUT2D eigenvalue weighted by atomic mass is 16.5. The number of rotatable bonds is 6. The van der Waals surface area contributed by atoms with Crippen LogP contribution in [0, 0.1) is 5.92 Å². The van der Waals surface area contributed by atoms with Crippen LogP contribution in [0.15, 0.2) is 48.1 Å². The van der Waals surface area contributed by atoms with Gasteiger partial charge in [-0.05, 0) is 56.1 Å². The molecule has 2 aliphatic carbocycles. The topological polar surface area (TPSA) is 172 Å². The van der Waals surface area contributed by atoms with E-state index in [1.54, 1.807) is 0 Å². The average molecular weight is 464 g/mol. The van der Waals surface area contributed by atoms with Crippen molar-refractivity contribution in [3.05, 3.63) is 48.1 Å². The Kier molecular flexibility index (Phi) is 12.2. The zero-order valence-electron chi connectivity index (χ0n) is 18.7. The molecule has 0 aromatic carbocycles. The Bertz CT molecular complexity index is 868. The molecule has 0 radical (unpaired) electrons. The molecule has 10 nitrogen and oxygen atoms in total. The number of Topliss-reactive ketones (excluding diaryl/α,β-unsaturated/α-hetero) is 1. The first-order valence-electron chi connectivity index (χ1n) is 9.75. The fourth-order valence-corrected chi connectivity index (χ4v) is 2.49. The van der Waals surface area contributed by atoms with E-state index in [2.05, 4.69) is 11.3 Å². The second-order valence-corrected chi connectivity index (χ2v) is 7.42. The van der Waals surface area contributed by atoms with Gasteiger partial charge in [0, 0.05) is 6.42 Å². The Labute approximate surface area is 190 Å². The molecule has 10 heteroatoms. The van der Waals surface area contributed by atoms with Gasteiger partial charge >= 0.3 is 17.9 Å². The van der Waals surface area contributed by atoms with Crippen molar-refractivity contribution in [2.24, 2.45) is 5.92 Å². The summed E-state index contributed by atoms with van der Waals surface area (Å²) in [5.74, 6) is -3.84. The number of carbonyl (C=O) groups excluding carboxylic acids is 4. The summed E-state index contributed by atoms with van der Waals surface area (Å²) in [5.41, 5.74) is -0.566. The van der Waals surface area contributed by atoms with Gasteiger partial charge in [0.05, 0.1) is 20.0 Å². The Balaban J connectivity index is 0.000000481. The average Bonchev–Trinajstić information content (AvgIpc) is 2.72. The highest BCUT2D eigenvalue weighted by Gasteiger charge is 2.41. The van der Waals surface area contributed by atoms with Gasteiger partial charge in [0.15, 0.2) is 23.0 Å². The predicted molar refractivity (Wildman–Crippen MR) is 116 cm³/mol. The monoisotopic (exact) mass is 464 g/mol. The van der Waals surface area contributed by atoms with Crippen LogP contribution in [0.4, 0.5) is 0 Å². The van der Waals surface area contributed by atoms with E-state index in [0.717, 1.165) is 24.7 Å². The number of hydrogen-bond donors (Lipinski definition) is 3. The van der Waals surface area contributed by atoms with E-state index in [-0.39, 0.29) is 17.3 Å². The van der Waals surface area contributed by atoms with Crippen molar-refractivity contribution in [3.8, 4) is 0 Å². The molecule has 0 aromatic rings. The van der Waals surface area contributed by atoms with Crippen LogP contribution in [0.3, 0.4) is 0 Å². The SMILES string of the molecule is C=C(C)C1CC=C(C)C(=O)C1.COC(=O)CC(O)(CC(=O)O)C(=O)O.O=C1C=CC(=O)C=C1. The van der Waals surface area contributed by atoms with Gasteiger partial charge in [-0.1, -0.05) is 18.2 Å². The fourth-order valence-electron chi connectivity index (χ4n) is 2.49. The zero-order chi connectivity index (χ0) is 25.8. The summed E-state index contributed by atoms with van der Waals surface area (Å²) >= 11 is 0. The van der Waals surface area contributed by atoms with Crippen molar-refractivity contribution in [1.29, 1.82) is 0 Å². The van der Waals surface area contributed by atoms with Crippen molar-refractivity contribution in [1.82, 2.24) is 0 Å². The van der Waals surface area contributed by atoms with Crippen molar-refractivity contribution < 1.29 is 48.8 Å². The van der Waals surface area contributed by atoms with Crippen LogP contribution in [0.1, 0.15) is 39.5 Å². The van der Waals surface area contributed by atoms with Gasteiger partial charge in [-0.25, -0.2) is 4.79 Å². The standard InChI is InChI=1S/C10H14O.C7H10O7.C6H4O2/c1-7(2)9-5-4-8(3)10(11)6-9;1-14-5(10)3-7(13,6(11)12)2-4(8)9;7-5-1-2-6(8)4-3-5/h4,9H,1,5-6H2,2-3H3;13H,2-3H2,1H3,(H,8,9)(H,11,12);1-4H. The number of carboxylic acids is 2. The molecule has 0 aromatic heterocycles. The number of ether oxygens (including phenoxy) is 1. The maximum absolute atomic E-state index is 11.2. The Morgan fingerprint density at radius 2 is 1.55 bits per heavy atom. The third-order valence-corrected chi connectivity index (χ3v) is 4.61. The number of esters is 1. The lowest BCUT2D eigenvalue weighted by Gasteiger charge is -2.19. The molecule has 0 amide bonds. The molecule has 0 saturated heterocycles. The van der Waals surface area contributed by atoms with Gasteiger partial charge in [0.2, 0.25) is 0 Å². The normalized spacial score (nSPS) is 18.5. The summed E-state index contributed by atoms with van der Waals surface area (Å²) in [4.78, 5) is 63.1. The molecule has 0 aliphatic heterocycles. The van der Waals surface area contributed by atoms with Crippen molar-refractivity contribution in [2.75, 3.05) is 7.11 Å². The van der Waals surface area contributed by atoms with Gasteiger partial charge in [-0.2, -0.15) is 0 Å². The van der Waals surface area contributed by atoms with E-state index in [1.165, 1.54) is 24.3 Å².